The molecule has 0 spiro atoms. The zero-order chi connectivity index (χ0) is 16.2. The Bertz CT molecular complexity index is 857. The third-order valence-corrected chi connectivity index (χ3v) is 3.07. The number of rotatable bonds is 4. The Balaban J connectivity index is 1.70. The SMILES string of the molecule is O=C(Nc1nc2cccc(C(=O)O)c2o1)OCc1ccccc1. The number of hydrogen-bond acceptors (Lipinski definition) is 5. The average Bonchev–Trinajstić information content (AvgIpc) is 2.95. The van der Waals surface area contributed by atoms with Crippen LogP contribution in [-0.2, 0) is 11.3 Å². The second-order valence-electron chi connectivity index (χ2n) is 4.66. The van der Waals surface area contributed by atoms with Crippen LogP contribution >= 0.6 is 0 Å². The van der Waals surface area contributed by atoms with E-state index in [9.17, 15) is 9.59 Å². The molecule has 7 heteroatoms. The molecule has 3 aromatic rings. The Morgan fingerprint density at radius 3 is 2.65 bits per heavy atom. The van der Waals surface area contributed by atoms with Crippen LogP contribution in [0.25, 0.3) is 11.1 Å². The normalized spacial score (nSPS) is 10.4. The first kappa shape index (κ1) is 14.6. The van der Waals surface area contributed by atoms with Gasteiger partial charge in [-0.25, -0.2) is 14.9 Å². The molecule has 0 saturated heterocycles. The number of carbonyl (C=O) groups is 2. The minimum Gasteiger partial charge on any atom is -0.478 e. The second-order valence-corrected chi connectivity index (χ2v) is 4.66. The van der Waals surface area contributed by atoms with Crippen molar-refractivity contribution in [2.75, 3.05) is 5.32 Å². The molecule has 3 rings (SSSR count). The molecule has 0 unspecified atom stereocenters. The summed E-state index contributed by atoms with van der Waals surface area (Å²) >= 11 is 0. The molecule has 0 saturated carbocycles. The fourth-order valence-electron chi connectivity index (χ4n) is 2.02. The first-order valence-electron chi connectivity index (χ1n) is 6.74. The van der Waals surface area contributed by atoms with E-state index in [2.05, 4.69) is 10.3 Å². The van der Waals surface area contributed by atoms with Crippen molar-refractivity contribution in [2.45, 2.75) is 6.61 Å². The molecule has 0 atom stereocenters. The molecular formula is C16H12N2O5. The maximum atomic E-state index is 11.7. The van der Waals surface area contributed by atoms with E-state index in [-0.39, 0.29) is 23.8 Å². The lowest BCUT2D eigenvalue weighted by Gasteiger charge is -2.03. The quantitative estimate of drug-likeness (QED) is 0.766. The molecule has 23 heavy (non-hydrogen) atoms. The highest BCUT2D eigenvalue weighted by atomic mass is 16.6. The van der Waals surface area contributed by atoms with Crippen LogP contribution in [0, 0.1) is 0 Å². The van der Waals surface area contributed by atoms with Gasteiger partial charge in [0.1, 0.15) is 17.7 Å². The van der Waals surface area contributed by atoms with Crippen LogP contribution in [0.1, 0.15) is 15.9 Å². The summed E-state index contributed by atoms with van der Waals surface area (Å²) in [6.45, 7) is 0.104. The number of hydrogen-bond donors (Lipinski definition) is 2. The summed E-state index contributed by atoms with van der Waals surface area (Å²) in [6.07, 6.45) is -0.739. The number of carboxylic acid groups (broad SMARTS) is 1. The van der Waals surface area contributed by atoms with Gasteiger partial charge in [-0.3, -0.25) is 0 Å². The Labute approximate surface area is 130 Å². The summed E-state index contributed by atoms with van der Waals surface area (Å²) < 4.78 is 10.3. The van der Waals surface area contributed by atoms with Crippen molar-refractivity contribution in [1.29, 1.82) is 0 Å². The number of benzene rings is 2. The van der Waals surface area contributed by atoms with E-state index >= 15 is 0 Å². The van der Waals surface area contributed by atoms with Crippen LogP contribution in [0.5, 0.6) is 0 Å². The lowest BCUT2D eigenvalue weighted by molar-refractivity contribution is 0.0698. The summed E-state index contributed by atoms with van der Waals surface area (Å²) in [5.41, 5.74) is 1.25. The highest BCUT2D eigenvalue weighted by Gasteiger charge is 2.16. The van der Waals surface area contributed by atoms with Gasteiger partial charge >= 0.3 is 18.1 Å². The molecule has 0 radical (unpaired) electrons. The van der Waals surface area contributed by atoms with E-state index in [1.165, 1.54) is 6.07 Å². The van der Waals surface area contributed by atoms with E-state index in [4.69, 9.17) is 14.3 Å². The predicted molar refractivity (Wildman–Crippen MR) is 81.2 cm³/mol. The number of para-hydroxylation sites is 1. The first-order valence-corrected chi connectivity index (χ1v) is 6.74. The third-order valence-electron chi connectivity index (χ3n) is 3.07. The van der Waals surface area contributed by atoms with Gasteiger partial charge in [-0.2, -0.15) is 4.98 Å². The summed E-state index contributed by atoms with van der Waals surface area (Å²) in [5.74, 6) is -1.13. The van der Waals surface area contributed by atoms with Crippen LogP contribution < -0.4 is 5.32 Å². The van der Waals surface area contributed by atoms with Gasteiger partial charge in [0.25, 0.3) is 0 Å². The van der Waals surface area contributed by atoms with Crippen molar-refractivity contribution in [2.24, 2.45) is 0 Å². The van der Waals surface area contributed by atoms with Crippen molar-refractivity contribution in [3.63, 3.8) is 0 Å². The molecule has 116 valence electrons. The lowest BCUT2D eigenvalue weighted by Crippen LogP contribution is -2.13. The summed E-state index contributed by atoms with van der Waals surface area (Å²) in [4.78, 5) is 26.8. The maximum Gasteiger partial charge on any atom is 0.415 e. The number of amides is 1. The van der Waals surface area contributed by atoms with Gasteiger partial charge in [-0.15, -0.1) is 0 Å². The molecule has 0 aliphatic heterocycles. The topological polar surface area (TPSA) is 102 Å². The van der Waals surface area contributed by atoms with Gasteiger partial charge in [-0.1, -0.05) is 36.4 Å². The molecule has 1 heterocycles. The van der Waals surface area contributed by atoms with Crippen LogP contribution in [0.15, 0.2) is 52.9 Å². The van der Waals surface area contributed by atoms with E-state index < -0.39 is 12.1 Å². The lowest BCUT2D eigenvalue weighted by atomic mass is 10.2. The van der Waals surface area contributed by atoms with Crippen molar-refractivity contribution < 1.29 is 23.8 Å². The van der Waals surface area contributed by atoms with Gasteiger partial charge < -0.3 is 14.3 Å². The maximum absolute atomic E-state index is 11.7. The fourth-order valence-corrected chi connectivity index (χ4v) is 2.02. The van der Waals surface area contributed by atoms with Gasteiger partial charge in [-0.05, 0) is 17.7 Å². The second kappa shape index (κ2) is 6.18. The fraction of sp³-hybridized carbons (Fsp3) is 0.0625. The third kappa shape index (κ3) is 3.29. The van der Waals surface area contributed by atoms with Gasteiger partial charge in [0.05, 0.1) is 0 Å². The van der Waals surface area contributed by atoms with Gasteiger partial charge in [0.2, 0.25) is 0 Å². The minimum absolute atomic E-state index is 0.0271. The number of nitrogens with zero attached hydrogens (tertiary/aromatic N) is 1. The first-order chi connectivity index (χ1) is 11.1. The molecule has 1 amide bonds. The largest absolute Gasteiger partial charge is 0.478 e. The number of carbonyl (C=O) groups excluding carboxylic acids is 1. The minimum atomic E-state index is -1.13. The number of aromatic nitrogens is 1. The van der Waals surface area contributed by atoms with Gasteiger partial charge in [0, 0.05) is 0 Å². The summed E-state index contributed by atoms with van der Waals surface area (Å²) in [7, 11) is 0. The Kier molecular flexibility index (Phi) is 3.92. The van der Waals surface area contributed by atoms with E-state index in [1.807, 2.05) is 30.3 Å². The van der Waals surface area contributed by atoms with Crippen LogP contribution in [-0.4, -0.2) is 22.2 Å². The molecule has 7 nitrogen and oxygen atoms in total. The number of fused-ring (bicyclic) bond motifs is 1. The molecule has 0 aliphatic rings. The summed E-state index contributed by atoms with van der Waals surface area (Å²) in [6, 6.07) is 13.6. The molecule has 0 aliphatic carbocycles. The van der Waals surface area contributed by atoms with Gasteiger partial charge in [0.15, 0.2) is 5.58 Å². The Morgan fingerprint density at radius 1 is 1.13 bits per heavy atom. The smallest absolute Gasteiger partial charge is 0.415 e. The molecule has 1 aromatic heterocycles. The van der Waals surface area contributed by atoms with Crippen LogP contribution in [0.2, 0.25) is 0 Å². The number of aromatic carboxylic acids is 1. The number of nitrogens with one attached hydrogen (secondary N) is 1. The Hall–Kier alpha value is -3.35. The number of oxazole rings is 1. The number of anilines is 1. The standard InChI is InChI=1S/C16H12N2O5/c19-14(20)11-7-4-8-12-13(11)23-15(17-12)18-16(21)22-9-10-5-2-1-3-6-10/h1-8H,9H2,(H,19,20)(H,17,18,21). The average molecular weight is 312 g/mol. The van der Waals surface area contributed by atoms with Crippen molar-refractivity contribution in [3.8, 4) is 0 Å². The molecule has 2 aromatic carbocycles. The van der Waals surface area contributed by atoms with E-state index in [0.29, 0.717) is 5.52 Å². The monoisotopic (exact) mass is 312 g/mol. The zero-order valence-electron chi connectivity index (χ0n) is 11.9. The Morgan fingerprint density at radius 2 is 1.91 bits per heavy atom. The van der Waals surface area contributed by atoms with Crippen LogP contribution in [0.4, 0.5) is 10.8 Å². The van der Waals surface area contributed by atoms with Crippen molar-refractivity contribution >= 4 is 29.2 Å². The highest BCUT2D eigenvalue weighted by molar-refractivity contribution is 6.00. The predicted octanol–water partition coefficient (Wildman–Crippen LogP) is 3.27. The molecule has 2 N–H and O–H groups in total. The zero-order valence-corrected chi connectivity index (χ0v) is 11.9. The summed E-state index contributed by atoms with van der Waals surface area (Å²) in [5, 5.41) is 11.4. The molecule has 0 bridgehead atoms. The van der Waals surface area contributed by atoms with Crippen molar-refractivity contribution in [3.05, 3.63) is 59.7 Å². The van der Waals surface area contributed by atoms with Crippen LogP contribution in [0.3, 0.4) is 0 Å². The van der Waals surface area contributed by atoms with Crippen molar-refractivity contribution in [1.82, 2.24) is 4.98 Å². The molecular weight excluding hydrogens is 300 g/mol. The van der Waals surface area contributed by atoms with E-state index in [0.717, 1.165) is 5.56 Å². The number of carboxylic acids is 1. The highest BCUT2D eigenvalue weighted by Crippen LogP contribution is 2.22. The molecule has 0 fully saturated rings. The van der Waals surface area contributed by atoms with E-state index in [1.54, 1.807) is 12.1 Å². The number of ether oxygens (including phenoxy) is 1.